The summed E-state index contributed by atoms with van der Waals surface area (Å²) in [5, 5.41) is 40.0. The topological polar surface area (TPSA) is 358 Å². The van der Waals surface area contributed by atoms with E-state index in [1.807, 2.05) is 0 Å². The van der Waals surface area contributed by atoms with Gasteiger partial charge in [0.2, 0.25) is 12.3 Å². The molecule has 0 aliphatic carbocycles. The number of thioether (sulfide) groups is 2. The van der Waals surface area contributed by atoms with Crippen LogP contribution in [0.25, 0.3) is 0 Å². The third kappa shape index (κ3) is 9.31. The lowest BCUT2D eigenvalue weighted by atomic mass is 10.0. The molecule has 0 aromatic carbocycles. The Bertz CT molecular complexity index is 2220. The van der Waals surface area contributed by atoms with Gasteiger partial charge in [0.15, 0.2) is 16.6 Å². The number of amides is 5. The number of oxime groups is 2. The minimum atomic E-state index is -1.35. The van der Waals surface area contributed by atoms with Gasteiger partial charge in [0.1, 0.15) is 53.6 Å². The molecule has 0 spiro atoms. The van der Waals surface area contributed by atoms with Crippen LogP contribution in [0.15, 0.2) is 73.7 Å². The van der Waals surface area contributed by atoms with Crippen molar-refractivity contribution in [3.63, 3.8) is 0 Å². The van der Waals surface area contributed by atoms with E-state index in [0.717, 1.165) is 21.1 Å². The number of carboxylic acid groups (broad SMARTS) is 3. The third-order valence-corrected chi connectivity index (χ3v) is 11.4. The number of thiazole rings is 1. The molecule has 0 saturated carbocycles. The smallest absolute Gasteiger partial charge is 0.404 e. The highest BCUT2D eigenvalue weighted by Crippen LogP contribution is 2.41. The van der Waals surface area contributed by atoms with E-state index >= 15 is 0 Å². The van der Waals surface area contributed by atoms with Gasteiger partial charge in [0, 0.05) is 22.5 Å². The average Bonchev–Trinajstić information content (AvgIpc) is 3.89. The number of β-lactam (4-membered cyclic amide) rings is 2. The lowest BCUT2D eigenvalue weighted by molar-refractivity contribution is -0.150. The van der Waals surface area contributed by atoms with Gasteiger partial charge in [-0.25, -0.2) is 24.2 Å². The number of fused-ring (bicyclic) bond motifs is 2. The molecule has 0 bridgehead atoms. The van der Waals surface area contributed by atoms with E-state index in [-0.39, 0.29) is 57.3 Å². The van der Waals surface area contributed by atoms with Gasteiger partial charge >= 0.3 is 24.0 Å². The van der Waals surface area contributed by atoms with Crippen LogP contribution in [0.3, 0.4) is 0 Å². The fraction of sp³-hybridized carbons (Fsp3) is 0.281. The molecule has 2 fully saturated rings. The van der Waals surface area contributed by atoms with Gasteiger partial charge in [-0.3, -0.25) is 29.0 Å². The minimum absolute atomic E-state index is 0.0420. The molecule has 0 radical (unpaired) electrons. The van der Waals surface area contributed by atoms with Crippen molar-refractivity contribution in [3.8, 4) is 0 Å². The molecule has 27 heteroatoms. The van der Waals surface area contributed by atoms with Gasteiger partial charge < -0.3 is 56.2 Å². The van der Waals surface area contributed by atoms with Crippen molar-refractivity contribution in [1.82, 2.24) is 25.4 Å². The summed E-state index contributed by atoms with van der Waals surface area (Å²) in [4.78, 5) is 110. The Labute approximate surface area is 342 Å². The van der Waals surface area contributed by atoms with Crippen molar-refractivity contribution >= 4 is 99.0 Å². The van der Waals surface area contributed by atoms with E-state index in [9.17, 15) is 48.6 Å². The van der Waals surface area contributed by atoms with Gasteiger partial charge in [-0.15, -0.1) is 34.9 Å². The number of allylic oxidation sites excluding steroid dienone is 1. The number of carbonyl (C=O) groups excluding carboxylic acids is 5. The average molecular weight is 878 g/mol. The Morgan fingerprint density at radius 3 is 2.10 bits per heavy atom. The Kier molecular flexibility index (Phi) is 13.6. The molecule has 24 nitrogen and oxygen atoms in total. The van der Waals surface area contributed by atoms with Crippen LogP contribution in [0.2, 0.25) is 0 Å². The Hall–Kier alpha value is -6.87. The van der Waals surface area contributed by atoms with Gasteiger partial charge in [-0.2, -0.15) is 0 Å². The lowest BCUT2D eigenvalue weighted by Gasteiger charge is -2.49. The number of nitrogen functional groups attached to an aromatic ring is 1. The van der Waals surface area contributed by atoms with Crippen molar-refractivity contribution in [1.29, 1.82) is 0 Å². The van der Waals surface area contributed by atoms with Crippen molar-refractivity contribution in [2.24, 2.45) is 16.0 Å². The fourth-order valence-electron chi connectivity index (χ4n) is 5.63. The van der Waals surface area contributed by atoms with Gasteiger partial charge in [0.05, 0.1) is 6.26 Å². The summed E-state index contributed by atoms with van der Waals surface area (Å²) in [6.45, 7) is 2.43. The molecule has 6 heterocycles. The van der Waals surface area contributed by atoms with Crippen LogP contribution in [0.4, 0.5) is 9.93 Å². The zero-order valence-electron chi connectivity index (χ0n) is 30.1. The first kappa shape index (κ1) is 43.3. The summed E-state index contributed by atoms with van der Waals surface area (Å²) in [7, 11) is 1.25. The number of furan rings is 1. The molecule has 6 rings (SSSR count). The van der Waals surface area contributed by atoms with Gasteiger partial charge in [0.25, 0.3) is 23.6 Å². The van der Waals surface area contributed by atoms with Crippen LogP contribution in [-0.2, 0) is 48.0 Å². The van der Waals surface area contributed by atoms with E-state index in [1.54, 1.807) is 6.07 Å². The Morgan fingerprint density at radius 1 is 0.983 bits per heavy atom. The number of anilines is 1. The predicted octanol–water partition coefficient (Wildman–Crippen LogP) is -1.08. The SMILES string of the molecule is C=CC1=C(C(=O)O)N2C(=O)[C@@H](NC(=O)/C(=N\OCC(=O)O)c3csc(N)n3)[C@H]2SC1.CO/N=C(\C(=O)N[C@@H]1C(=O)N2C(C(=O)O)=C(COC(N)=O)CS[C@H]12)c1ccco1. The number of nitrogens with one attached hydrogen (secondary N) is 2. The molecule has 2 aromatic heterocycles. The molecule has 9 N–H and O–H groups in total. The van der Waals surface area contributed by atoms with E-state index in [1.165, 1.54) is 54.4 Å². The highest BCUT2D eigenvalue weighted by atomic mass is 32.2. The summed E-state index contributed by atoms with van der Waals surface area (Å²) in [5.41, 5.74) is 10.2. The molecule has 2 saturated heterocycles. The van der Waals surface area contributed by atoms with Crippen molar-refractivity contribution in [3.05, 3.63) is 70.4 Å². The number of carboxylic acids is 3. The molecular formula is C32H31N9O15S3. The van der Waals surface area contributed by atoms with E-state index in [0.29, 0.717) is 11.3 Å². The maximum Gasteiger partial charge on any atom is 0.404 e. The van der Waals surface area contributed by atoms with Crippen LogP contribution in [0, 0.1) is 0 Å². The number of ether oxygens (including phenoxy) is 1. The first-order chi connectivity index (χ1) is 28.1. The van der Waals surface area contributed by atoms with Gasteiger partial charge in [-0.05, 0) is 17.7 Å². The number of aromatic nitrogens is 1. The normalized spacial score (nSPS) is 21.0. The van der Waals surface area contributed by atoms with Crippen molar-refractivity contribution in [2.45, 2.75) is 22.8 Å². The number of primary amides is 1. The number of rotatable bonds is 15. The lowest BCUT2D eigenvalue weighted by Crippen LogP contribution is -2.71. The second-order valence-corrected chi connectivity index (χ2v) is 14.8. The summed E-state index contributed by atoms with van der Waals surface area (Å²) >= 11 is 3.51. The highest BCUT2D eigenvalue weighted by Gasteiger charge is 2.55. The molecule has 0 unspecified atom stereocenters. The fourth-order valence-corrected chi connectivity index (χ4v) is 8.84. The number of carbonyl (C=O) groups is 8. The summed E-state index contributed by atoms with van der Waals surface area (Å²) < 4.78 is 9.79. The number of nitrogens with zero attached hydrogens (tertiary/aromatic N) is 5. The standard InChI is InChI=1S/C16H15N5O7S2.C16H16N4O8S/c1-2-6-4-29-14-10(13(25)21(14)11(6)15(26)27)19-12(24)9(20-28-3-8(22)23)7-5-30-16(17)18-7;1-26-19-9(8-3-2-4-27-8)12(21)18-10-13(22)20-11(15(23)24)7(5-28-16(17)25)6-29-14(10)20/h2,5,10,14H,1,3-4H2,(H2,17,18)(H,19,24)(H,22,23)(H,26,27);2-4,10,14H,5-6H2,1H3,(H2,17,25)(H,18,21)(H,23,24)/b20-9-;19-9-/t2*10-,14-/m11/s1. The van der Waals surface area contributed by atoms with Gasteiger partial charge in [-0.1, -0.05) is 23.0 Å². The molecule has 4 atom stereocenters. The second kappa shape index (κ2) is 18.6. The first-order valence-electron chi connectivity index (χ1n) is 16.3. The molecule has 59 heavy (non-hydrogen) atoms. The highest BCUT2D eigenvalue weighted by molar-refractivity contribution is 8.00. The Balaban J connectivity index is 0.000000224. The van der Waals surface area contributed by atoms with Crippen LogP contribution >= 0.6 is 34.9 Å². The number of hydrogen-bond donors (Lipinski definition) is 7. The Morgan fingerprint density at radius 2 is 1.59 bits per heavy atom. The molecule has 4 aliphatic rings. The van der Waals surface area contributed by atoms with Crippen LogP contribution in [0.1, 0.15) is 11.5 Å². The number of nitrogens with two attached hydrogens (primary N) is 2. The summed E-state index contributed by atoms with van der Waals surface area (Å²) in [6.07, 6.45) is 1.67. The van der Waals surface area contributed by atoms with Crippen LogP contribution < -0.4 is 22.1 Å². The quantitative estimate of drug-likeness (QED) is 0.0635. The monoisotopic (exact) mass is 877 g/mol. The number of hydrogen-bond acceptors (Lipinski definition) is 19. The van der Waals surface area contributed by atoms with E-state index < -0.39 is 77.1 Å². The molecule has 2 aromatic rings. The molecular weight excluding hydrogens is 847 g/mol. The molecule has 4 aliphatic heterocycles. The van der Waals surface area contributed by atoms with E-state index in [4.69, 9.17) is 21.0 Å². The molecule has 5 amide bonds. The zero-order chi connectivity index (χ0) is 43.1. The summed E-state index contributed by atoms with van der Waals surface area (Å²) in [6, 6.07) is 1.07. The van der Waals surface area contributed by atoms with Crippen molar-refractivity contribution in [2.75, 3.05) is 37.6 Å². The minimum Gasteiger partial charge on any atom is -0.479 e. The molecule has 312 valence electrons. The van der Waals surface area contributed by atoms with E-state index in [2.05, 4.69) is 46.9 Å². The largest absolute Gasteiger partial charge is 0.479 e. The van der Waals surface area contributed by atoms with Crippen molar-refractivity contribution < 1.29 is 72.5 Å². The maximum absolute atomic E-state index is 12.7. The maximum atomic E-state index is 12.7. The number of aliphatic carboxylic acids is 3. The first-order valence-corrected chi connectivity index (χ1v) is 19.3. The predicted molar refractivity (Wildman–Crippen MR) is 204 cm³/mol. The third-order valence-electron chi connectivity index (χ3n) is 8.13. The second-order valence-electron chi connectivity index (χ2n) is 11.7. The van der Waals surface area contributed by atoms with Crippen LogP contribution in [-0.4, -0.2) is 144 Å². The zero-order valence-corrected chi connectivity index (χ0v) is 32.5. The summed E-state index contributed by atoms with van der Waals surface area (Å²) in [5.74, 6) is -6.11. The van der Waals surface area contributed by atoms with Crippen LogP contribution in [0.5, 0.6) is 0 Å².